The number of nitrogens with one attached hydrogen (secondary N) is 1. The van der Waals surface area contributed by atoms with Crippen molar-refractivity contribution in [3.8, 4) is 5.75 Å². The van der Waals surface area contributed by atoms with Crippen LogP contribution in [0.5, 0.6) is 5.75 Å². The first-order chi connectivity index (χ1) is 11.5. The third kappa shape index (κ3) is 5.38. The predicted molar refractivity (Wildman–Crippen MR) is 101 cm³/mol. The summed E-state index contributed by atoms with van der Waals surface area (Å²) in [5.74, 6) is -0.229. The van der Waals surface area contributed by atoms with Gasteiger partial charge in [-0.2, -0.15) is 0 Å². The minimum atomic E-state index is -0.442. The molecule has 0 radical (unpaired) electrons. The van der Waals surface area contributed by atoms with E-state index in [0.29, 0.717) is 28.6 Å². The van der Waals surface area contributed by atoms with Gasteiger partial charge in [-0.1, -0.05) is 17.7 Å². The van der Waals surface area contributed by atoms with Gasteiger partial charge in [0, 0.05) is 20.3 Å². The molecule has 2 aromatic carbocycles. The molecule has 5 nitrogen and oxygen atoms in total. The highest BCUT2D eigenvalue weighted by Crippen LogP contribution is 2.21. The van der Waals surface area contributed by atoms with Gasteiger partial charge in [0.05, 0.1) is 12.2 Å². The van der Waals surface area contributed by atoms with Gasteiger partial charge in [0.1, 0.15) is 5.75 Å². The summed E-state index contributed by atoms with van der Waals surface area (Å²) in [6.07, 6.45) is 0. The Bertz CT molecular complexity index is 751. The van der Waals surface area contributed by atoms with Gasteiger partial charge in [-0.15, -0.1) is 0 Å². The van der Waals surface area contributed by atoms with Gasteiger partial charge >= 0.3 is 5.97 Å². The lowest BCUT2D eigenvalue weighted by atomic mass is 10.2. The predicted octanol–water partition coefficient (Wildman–Crippen LogP) is 4.14. The molecule has 0 bridgehead atoms. The number of hydrogen-bond acceptors (Lipinski definition) is 4. The summed E-state index contributed by atoms with van der Waals surface area (Å²) in [6.45, 7) is 1.85. The summed E-state index contributed by atoms with van der Waals surface area (Å²) in [5, 5.41) is 3.36. The number of halogens is 2. The van der Waals surface area contributed by atoms with Crippen LogP contribution in [0.1, 0.15) is 17.3 Å². The molecule has 0 fully saturated rings. The third-order valence-corrected chi connectivity index (χ3v) is 4.06. The molecule has 0 saturated carbocycles. The highest BCUT2D eigenvalue weighted by atomic mass is 127. The normalized spacial score (nSPS) is 10.1. The van der Waals surface area contributed by atoms with Crippen LogP contribution in [0.15, 0.2) is 42.5 Å². The second kappa shape index (κ2) is 8.89. The number of carbonyl (C=O) groups is 2. The molecule has 1 N–H and O–H groups in total. The first-order valence-corrected chi connectivity index (χ1v) is 8.60. The van der Waals surface area contributed by atoms with Crippen LogP contribution in [0.2, 0.25) is 5.02 Å². The van der Waals surface area contributed by atoms with Crippen molar-refractivity contribution in [2.45, 2.75) is 6.92 Å². The van der Waals surface area contributed by atoms with Crippen molar-refractivity contribution >= 4 is 51.8 Å². The number of benzene rings is 2. The fraction of sp³-hybridized carbons (Fsp3) is 0.176. The molecule has 0 aromatic heterocycles. The molecule has 0 aliphatic heterocycles. The zero-order chi connectivity index (χ0) is 17.5. The van der Waals surface area contributed by atoms with Gasteiger partial charge in [-0.3, -0.25) is 4.79 Å². The van der Waals surface area contributed by atoms with Crippen molar-refractivity contribution in [1.82, 2.24) is 0 Å². The van der Waals surface area contributed by atoms with Gasteiger partial charge < -0.3 is 14.8 Å². The molecule has 7 heteroatoms. The molecule has 0 heterocycles. The van der Waals surface area contributed by atoms with Crippen molar-refractivity contribution < 1.29 is 19.1 Å². The van der Waals surface area contributed by atoms with Crippen LogP contribution >= 0.6 is 34.2 Å². The van der Waals surface area contributed by atoms with E-state index < -0.39 is 5.97 Å². The van der Waals surface area contributed by atoms with Crippen LogP contribution in [-0.2, 0) is 9.53 Å². The van der Waals surface area contributed by atoms with Crippen molar-refractivity contribution in [2.24, 2.45) is 0 Å². The molecule has 2 rings (SSSR count). The van der Waals surface area contributed by atoms with E-state index in [9.17, 15) is 9.59 Å². The molecule has 0 atom stereocenters. The summed E-state index contributed by atoms with van der Waals surface area (Å²) < 4.78 is 10.9. The maximum atomic E-state index is 12.3. The fourth-order valence-electron chi connectivity index (χ4n) is 1.88. The summed E-state index contributed by atoms with van der Waals surface area (Å²) in [4.78, 5) is 23.6. The SMILES string of the molecule is CCOC(=O)COc1cccc(NC(=O)c2ccc(Cl)cc2I)c1. The standard InChI is InChI=1S/C17H15ClINO4/c1-2-23-16(21)10-24-13-5-3-4-12(9-13)20-17(22)14-7-6-11(18)8-15(14)19/h3-9H,2,10H2,1H3,(H,20,22). The molecule has 0 aliphatic rings. The second-order valence-electron chi connectivity index (χ2n) is 4.70. The number of ether oxygens (including phenoxy) is 2. The Kier molecular flexibility index (Phi) is 6.86. The quantitative estimate of drug-likeness (QED) is 0.521. The van der Waals surface area contributed by atoms with E-state index in [1.807, 2.05) is 0 Å². The van der Waals surface area contributed by atoms with Crippen LogP contribution in [0.4, 0.5) is 5.69 Å². The van der Waals surface area contributed by atoms with Crippen LogP contribution in [0.3, 0.4) is 0 Å². The summed E-state index contributed by atoms with van der Waals surface area (Å²) in [5.41, 5.74) is 1.09. The summed E-state index contributed by atoms with van der Waals surface area (Å²) in [6, 6.07) is 11.8. The van der Waals surface area contributed by atoms with E-state index >= 15 is 0 Å². The van der Waals surface area contributed by atoms with Gasteiger partial charge in [0.25, 0.3) is 5.91 Å². The number of anilines is 1. The Morgan fingerprint density at radius 1 is 1.21 bits per heavy atom. The van der Waals surface area contributed by atoms with Gasteiger partial charge in [-0.25, -0.2) is 4.79 Å². The molecule has 0 saturated heterocycles. The number of esters is 1. The second-order valence-corrected chi connectivity index (χ2v) is 6.30. The highest BCUT2D eigenvalue weighted by Gasteiger charge is 2.11. The Labute approximate surface area is 158 Å². The Balaban J connectivity index is 2.03. The largest absolute Gasteiger partial charge is 0.482 e. The Hall–Kier alpha value is -1.80. The fourth-order valence-corrected chi connectivity index (χ4v) is 3.00. The summed E-state index contributed by atoms with van der Waals surface area (Å²) >= 11 is 7.95. The first kappa shape index (κ1) is 18.5. The number of amides is 1. The average molecular weight is 460 g/mol. The smallest absolute Gasteiger partial charge is 0.344 e. The van der Waals surface area contributed by atoms with Gasteiger partial charge in [-0.05, 0) is 59.8 Å². The van der Waals surface area contributed by atoms with E-state index in [1.54, 1.807) is 49.4 Å². The van der Waals surface area contributed by atoms with E-state index in [2.05, 4.69) is 27.9 Å². The van der Waals surface area contributed by atoms with Gasteiger partial charge in [0.15, 0.2) is 6.61 Å². The Morgan fingerprint density at radius 2 is 2.00 bits per heavy atom. The molecular weight excluding hydrogens is 445 g/mol. The topological polar surface area (TPSA) is 64.6 Å². The van der Waals surface area contributed by atoms with Crippen LogP contribution in [0, 0.1) is 3.57 Å². The minimum absolute atomic E-state index is 0.180. The number of rotatable bonds is 6. The average Bonchev–Trinajstić information content (AvgIpc) is 2.53. The van der Waals surface area contributed by atoms with Crippen molar-refractivity contribution in [1.29, 1.82) is 0 Å². The molecule has 0 unspecified atom stereocenters. The zero-order valence-corrected chi connectivity index (χ0v) is 15.8. The van der Waals surface area contributed by atoms with E-state index in [4.69, 9.17) is 21.1 Å². The highest BCUT2D eigenvalue weighted by molar-refractivity contribution is 14.1. The lowest BCUT2D eigenvalue weighted by molar-refractivity contribution is -0.145. The van der Waals surface area contributed by atoms with Crippen LogP contribution in [0.25, 0.3) is 0 Å². The van der Waals surface area contributed by atoms with E-state index in [-0.39, 0.29) is 12.5 Å². The monoisotopic (exact) mass is 459 g/mol. The molecule has 24 heavy (non-hydrogen) atoms. The van der Waals surface area contributed by atoms with E-state index in [0.717, 1.165) is 3.57 Å². The molecular formula is C17H15ClINO4. The molecule has 2 aromatic rings. The van der Waals surface area contributed by atoms with Crippen molar-refractivity contribution in [3.63, 3.8) is 0 Å². The lowest BCUT2D eigenvalue weighted by Crippen LogP contribution is -2.15. The lowest BCUT2D eigenvalue weighted by Gasteiger charge is -2.10. The van der Waals surface area contributed by atoms with E-state index in [1.165, 1.54) is 0 Å². The van der Waals surface area contributed by atoms with Crippen molar-refractivity contribution in [3.05, 3.63) is 56.6 Å². The first-order valence-electron chi connectivity index (χ1n) is 7.14. The van der Waals surface area contributed by atoms with Crippen molar-refractivity contribution in [2.75, 3.05) is 18.5 Å². The number of carbonyl (C=O) groups excluding carboxylic acids is 2. The maximum Gasteiger partial charge on any atom is 0.344 e. The summed E-state index contributed by atoms with van der Waals surface area (Å²) in [7, 11) is 0. The Morgan fingerprint density at radius 3 is 2.71 bits per heavy atom. The van der Waals surface area contributed by atoms with Crippen LogP contribution in [-0.4, -0.2) is 25.1 Å². The molecule has 1 amide bonds. The van der Waals surface area contributed by atoms with Gasteiger partial charge in [0.2, 0.25) is 0 Å². The zero-order valence-electron chi connectivity index (χ0n) is 12.8. The molecule has 0 aliphatic carbocycles. The maximum absolute atomic E-state index is 12.3. The molecule has 0 spiro atoms. The minimum Gasteiger partial charge on any atom is -0.482 e. The van der Waals surface area contributed by atoms with Crippen LogP contribution < -0.4 is 10.1 Å². The molecule has 126 valence electrons. The number of hydrogen-bond donors (Lipinski definition) is 1. The third-order valence-electron chi connectivity index (χ3n) is 2.93.